The number of nitrogens with one attached hydrogen (secondary N) is 1. The number of rotatable bonds is 5. The Labute approximate surface area is 110 Å². The fraction of sp³-hybridized carbons (Fsp3) is 0.500. The van der Waals surface area contributed by atoms with E-state index in [0.717, 1.165) is 5.56 Å². The summed E-state index contributed by atoms with van der Waals surface area (Å²) < 4.78 is 0. The predicted octanol–water partition coefficient (Wildman–Crippen LogP) is 2.14. The van der Waals surface area contributed by atoms with Crippen molar-refractivity contribution in [3.63, 3.8) is 0 Å². The van der Waals surface area contributed by atoms with Crippen molar-refractivity contribution in [1.82, 2.24) is 10.2 Å². The van der Waals surface area contributed by atoms with Crippen molar-refractivity contribution in [2.45, 2.75) is 32.4 Å². The number of hydrogen-bond acceptors (Lipinski definition) is 3. The molecule has 0 aliphatic heterocycles. The van der Waals surface area contributed by atoms with Gasteiger partial charge in [-0.3, -0.25) is 4.79 Å². The molecule has 18 heavy (non-hydrogen) atoms. The molecule has 5 nitrogen and oxygen atoms in total. The first-order valence-electron chi connectivity index (χ1n) is 5.56. The Morgan fingerprint density at radius 3 is 2.67 bits per heavy atom. The minimum atomic E-state index is -0.930. The highest BCUT2D eigenvalue weighted by Gasteiger charge is 2.25. The summed E-state index contributed by atoms with van der Waals surface area (Å²) in [4.78, 5) is 24.1. The predicted molar refractivity (Wildman–Crippen MR) is 70.6 cm³/mol. The highest BCUT2D eigenvalue weighted by Crippen LogP contribution is 2.11. The second-order valence-electron chi connectivity index (χ2n) is 4.87. The molecule has 0 aliphatic rings. The fourth-order valence-electron chi connectivity index (χ4n) is 1.54. The van der Waals surface area contributed by atoms with Crippen LogP contribution in [-0.4, -0.2) is 34.6 Å². The van der Waals surface area contributed by atoms with E-state index >= 15 is 0 Å². The summed E-state index contributed by atoms with van der Waals surface area (Å²) in [6.45, 7) is 3.90. The maximum absolute atomic E-state index is 11.9. The zero-order chi connectivity index (χ0) is 13.8. The van der Waals surface area contributed by atoms with Crippen molar-refractivity contribution in [3.8, 4) is 0 Å². The van der Waals surface area contributed by atoms with Gasteiger partial charge in [-0.1, -0.05) is 0 Å². The number of hydrogen-bond donors (Lipinski definition) is 2. The number of carbonyl (C=O) groups excluding carboxylic acids is 1. The van der Waals surface area contributed by atoms with Gasteiger partial charge in [-0.25, -0.2) is 4.79 Å². The molecule has 0 bridgehead atoms. The van der Waals surface area contributed by atoms with Crippen molar-refractivity contribution in [1.29, 1.82) is 0 Å². The van der Waals surface area contributed by atoms with Crippen LogP contribution in [0.25, 0.3) is 0 Å². The van der Waals surface area contributed by atoms with Gasteiger partial charge in [0.2, 0.25) is 0 Å². The molecule has 1 rings (SSSR count). The molecule has 2 amide bonds. The van der Waals surface area contributed by atoms with Gasteiger partial charge in [0, 0.05) is 19.1 Å². The number of thiophene rings is 1. The second kappa shape index (κ2) is 5.86. The molecule has 0 saturated carbocycles. The van der Waals surface area contributed by atoms with E-state index in [4.69, 9.17) is 5.11 Å². The zero-order valence-electron chi connectivity index (χ0n) is 10.8. The maximum Gasteiger partial charge on any atom is 0.317 e. The first kappa shape index (κ1) is 14.5. The second-order valence-corrected chi connectivity index (χ2v) is 5.65. The molecule has 0 aliphatic carbocycles. The van der Waals surface area contributed by atoms with Gasteiger partial charge in [0.1, 0.15) is 0 Å². The number of carbonyl (C=O) groups is 2. The van der Waals surface area contributed by atoms with E-state index in [1.54, 1.807) is 32.2 Å². The largest absolute Gasteiger partial charge is 0.481 e. The van der Waals surface area contributed by atoms with Crippen LogP contribution < -0.4 is 5.32 Å². The van der Waals surface area contributed by atoms with Crippen LogP contribution in [-0.2, 0) is 11.3 Å². The first-order valence-corrected chi connectivity index (χ1v) is 6.50. The quantitative estimate of drug-likeness (QED) is 0.861. The van der Waals surface area contributed by atoms with Crippen molar-refractivity contribution in [2.75, 3.05) is 7.05 Å². The highest BCUT2D eigenvalue weighted by atomic mass is 32.1. The van der Waals surface area contributed by atoms with Crippen molar-refractivity contribution >= 4 is 23.3 Å². The molecule has 0 spiro atoms. The molecule has 1 aromatic heterocycles. The number of carboxylic acids is 1. The maximum atomic E-state index is 11.9. The third-order valence-electron chi connectivity index (χ3n) is 2.39. The Hall–Kier alpha value is -1.56. The van der Waals surface area contributed by atoms with Crippen LogP contribution in [0.1, 0.15) is 25.8 Å². The van der Waals surface area contributed by atoms with Crippen LogP contribution in [0.4, 0.5) is 4.79 Å². The van der Waals surface area contributed by atoms with Gasteiger partial charge >= 0.3 is 12.0 Å². The summed E-state index contributed by atoms with van der Waals surface area (Å²) in [6, 6.07) is 1.68. The van der Waals surface area contributed by atoms with Crippen molar-refractivity contribution in [2.24, 2.45) is 0 Å². The standard InChI is InChI=1S/C12H18N2O3S/c1-12(2,6-10(15)16)13-11(17)14(3)7-9-4-5-18-8-9/h4-5,8H,6-7H2,1-3H3,(H,13,17)(H,15,16). The van der Waals surface area contributed by atoms with Crippen LogP contribution >= 0.6 is 11.3 Å². The van der Waals surface area contributed by atoms with Gasteiger partial charge in [-0.2, -0.15) is 11.3 Å². The molecule has 0 aromatic carbocycles. The lowest BCUT2D eigenvalue weighted by molar-refractivity contribution is -0.138. The SMILES string of the molecule is CN(Cc1ccsc1)C(=O)NC(C)(C)CC(=O)O. The van der Waals surface area contributed by atoms with Gasteiger partial charge in [0.05, 0.1) is 6.42 Å². The summed E-state index contributed by atoms with van der Waals surface area (Å²) in [5.74, 6) is -0.930. The summed E-state index contributed by atoms with van der Waals surface area (Å²) >= 11 is 1.58. The topological polar surface area (TPSA) is 69.6 Å². The van der Waals surface area contributed by atoms with Crippen molar-refractivity contribution < 1.29 is 14.7 Å². The number of amides is 2. The number of carboxylic acid groups (broad SMARTS) is 1. The van der Waals surface area contributed by atoms with E-state index in [1.807, 2.05) is 16.8 Å². The van der Waals surface area contributed by atoms with E-state index < -0.39 is 11.5 Å². The summed E-state index contributed by atoms with van der Waals surface area (Å²) in [5.41, 5.74) is 0.305. The molecule has 1 aromatic rings. The Balaban J connectivity index is 2.51. The third kappa shape index (κ3) is 4.75. The number of aliphatic carboxylic acids is 1. The molecule has 100 valence electrons. The van der Waals surface area contributed by atoms with E-state index in [1.165, 1.54) is 4.90 Å². The van der Waals surface area contributed by atoms with Gasteiger partial charge in [0.25, 0.3) is 0 Å². The summed E-state index contributed by atoms with van der Waals surface area (Å²) in [7, 11) is 1.68. The normalized spacial score (nSPS) is 11.1. The van der Waals surface area contributed by atoms with Gasteiger partial charge in [-0.15, -0.1) is 0 Å². The average Bonchev–Trinajstić information content (AvgIpc) is 2.67. The molecular formula is C12H18N2O3S. The van der Waals surface area contributed by atoms with E-state index in [9.17, 15) is 9.59 Å². The minimum absolute atomic E-state index is 0.106. The number of urea groups is 1. The van der Waals surface area contributed by atoms with Crippen LogP contribution in [0, 0.1) is 0 Å². The molecule has 0 unspecified atom stereocenters. The molecule has 2 N–H and O–H groups in total. The molecule has 1 heterocycles. The Morgan fingerprint density at radius 1 is 1.50 bits per heavy atom. The lowest BCUT2D eigenvalue weighted by Crippen LogP contribution is -2.49. The monoisotopic (exact) mass is 270 g/mol. The Morgan fingerprint density at radius 2 is 2.17 bits per heavy atom. The molecular weight excluding hydrogens is 252 g/mol. The average molecular weight is 270 g/mol. The minimum Gasteiger partial charge on any atom is -0.481 e. The molecule has 0 saturated heterocycles. The lowest BCUT2D eigenvalue weighted by atomic mass is 10.0. The highest BCUT2D eigenvalue weighted by molar-refractivity contribution is 7.07. The summed E-state index contributed by atoms with van der Waals surface area (Å²) in [6.07, 6.45) is -0.106. The van der Waals surface area contributed by atoms with E-state index in [0.29, 0.717) is 6.54 Å². The Kier molecular flexibility index (Phi) is 4.72. The van der Waals surface area contributed by atoms with Crippen LogP contribution in [0.15, 0.2) is 16.8 Å². The lowest BCUT2D eigenvalue weighted by Gasteiger charge is -2.27. The number of nitrogens with zero attached hydrogens (tertiary/aromatic N) is 1. The van der Waals surface area contributed by atoms with Crippen LogP contribution in [0.2, 0.25) is 0 Å². The molecule has 0 atom stereocenters. The van der Waals surface area contributed by atoms with E-state index in [2.05, 4.69) is 5.32 Å². The first-order chi connectivity index (χ1) is 8.30. The molecule has 0 fully saturated rings. The van der Waals surface area contributed by atoms with Crippen LogP contribution in [0.5, 0.6) is 0 Å². The van der Waals surface area contributed by atoms with Gasteiger partial charge in [0.15, 0.2) is 0 Å². The van der Waals surface area contributed by atoms with Gasteiger partial charge in [-0.05, 0) is 36.2 Å². The smallest absolute Gasteiger partial charge is 0.317 e. The Bertz CT molecular complexity index is 415. The molecule has 0 radical (unpaired) electrons. The van der Waals surface area contributed by atoms with Crippen LogP contribution in [0.3, 0.4) is 0 Å². The van der Waals surface area contributed by atoms with Crippen molar-refractivity contribution in [3.05, 3.63) is 22.4 Å². The van der Waals surface area contributed by atoms with Gasteiger partial charge < -0.3 is 15.3 Å². The van der Waals surface area contributed by atoms with E-state index in [-0.39, 0.29) is 12.5 Å². The fourth-order valence-corrected chi connectivity index (χ4v) is 2.20. The molecule has 6 heteroatoms. The summed E-state index contributed by atoms with van der Waals surface area (Å²) in [5, 5.41) is 15.4. The third-order valence-corrected chi connectivity index (χ3v) is 3.12. The zero-order valence-corrected chi connectivity index (χ0v) is 11.6.